The SMILES string of the molecule is CCOc1ccc(C(=O)CCc2nc(C3(N)CCCC3)no2)cc1.Cl. The van der Waals surface area contributed by atoms with Crippen molar-refractivity contribution in [2.24, 2.45) is 5.73 Å². The number of carbonyl (C=O) groups is 1. The molecule has 2 N–H and O–H groups in total. The van der Waals surface area contributed by atoms with E-state index in [0.717, 1.165) is 31.4 Å². The number of ketones is 1. The van der Waals surface area contributed by atoms with Crippen LogP contribution in [0.15, 0.2) is 28.8 Å². The van der Waals surface area contributed by atoms with Crippen LogP contribution in [-0.2, 0) is 12.0 Å². The molecule has 1 aliphatic carbocycles. The fourth-order valence-corrected chi connectivity index (χ4v) is 3.06. The number of rotatable bonds is 7. The van der Waals surface area contributed by atoms with Crippen molar-refractivity contribution < 1.29 is 14.1 Å². The first-order valence-corrected chi connectivity index (χ1v) is 8.49. The van der Waals surface area contributed by atoms with Crippen molar-refractivity contribution in [1.29, 1.82) is 0 Å². The molecule has 2 aromatic rings. The summed E-state index contributed by atoms with van der Waals surface area (Å²) in [6, 6.07) is 7.17. The molecule has 25 heavy (non-hydrogen) atoms. The van der Waals surface area contributed by atoms with E-state index in [4.69, 9.17) is 15.0 Å². The van der Waals surface area contributed by atoms with Gasteiger partial charge in [0.05, 0.1) is 12.1 Å². The number of nitrogens with two attached hydrogens (primary N) is 1. The summed E-state index contributed by atoms with van der Waals surface area (Å²) < 4.78 is 10.6. The van der Waals surface area contributed by atoms with Crippen LogP contribution in [0.2, 0.25) is 0 Å². The number of hydrogen-bond acceptors (Lipinski definition) is 6. The summed E-state index contributed by atoms with van der Waals surface area (Å²) in [6.07, 6.45) is 4.71. The number of halogens is 1. The van der Waals surface area contributed by atoms with Crippen molar-refractivity contribution in [2.75, 3.05) is 6.61 Å². The van der Waals surface area contributed by atoms with Gasteiger partial charge in [0.1, 0.15) is 5.75 Å². The molecule has 7 heteroatoms. The first-order valence-electron chi connectivity index (χ1n) is 8.49. The molecule has 0 radical (unpaired) electrons. The van der Waals surface area contributed by atoms with Crippen LogP contribution in [0.4, 0.5) is 0 Å². The second kappa shape index (κ2) is 8.45. The number of benzene rings is 1. The average Bonchev–Trinajstić information content (AvgIpc) is 3.24. The predicted molar refractivity (Wildman–Crippen MR) is 96.1 cm³/mol. The Kier molecular flexibility index (Phi) is 6.56. The standard InChI is InChI=1S/C18H23N3O3.ClH/c1-2-23-14-7-5-13(6-8-14)15(22)9-10-16-20-17(21-24-16)18(19)11-3-4-12-18;/h5-8H,2-4,9-12,19H2,1H3;1H. The Balaban J connectivity index is 0.00000225. The highest BCUT2D eigenvalue weighted by molar-refractivity contribution is 5.96. The van der Waals surface area contributed by atoms with Crippen LogP contribution >= 0.6 is 12.4 Å². The third-order valence-electron chi connectivity index (χ3n) is 4.46. The lowest BCUT2D eigenvalue weighted by Gasteiger charge is -2.17. The lowest BCUT2D eigenvalue weighted by atomic mass is 9.99. The van der Waals surface area contributed by atoms with E-state index >= 15 is 0 Å². The zero-order valence-electron chi connectivity index (χ0n) is 14.4. The van der Waals surface area contributed by atoms with Crippen LogP contribution in [0.5, 0.6) is 5.75 Å². The molecule has 0 spiro atoms. The normalized spacial score (nSPS) is 15.6. The minimum Gasteiger partial charge on any atom is -0.494 e. The molecule has 1 heterocycles. The molecular weight excluding hydrogens is 342 g/mol. The summed E-state index contributed by atoms with van der Waals surface area (Å²) in [7, 11) is 0. The van der Waals surface area contributed by atoms with E-state index in [1.165, 1.54) is 0 Å². The molecule has 1 saturated carbocycles. The predicted octanol–water partition coefficient (Wildman–Crippen LogP) is 3.43. The van der Waals surface area contributed by atoms with Crippen molar-refractivity contribution in [3.05, 3.63) is 41.5 Å². The molecule has 1 aromatic heterocycles. The molecule has 6 nitrogen and oxygen atoms in total. The van der Waals surface area contributed by atoms with Gasteiger partial charge in [0.25, 0.3) is 0 Å². The van der Waals surface area contributed by atoms with Gasteiger partial charge in [-0.2, -0.15) is 4.98 Å². The van der Waals surface area contributed by atoms with E-state index in [0.29, 0.717) is 36.7 Å². The van der Waals surface area contributed by atoms with Gasteiger partial charge in [0.2, 0.25) is 5.89 Å². The van der Waals surface area contributed by atoms with Crippen LogP contribution in [0.1, 0.15) is 61.1 Å². The highest BCUT2D eigenvalue weighted by Gasteiger charge is 2.35. The van der Waals surface area contributed by atoms with E-state index in [9.17, 15) is 4.79 Å². The fraction of sp³-hybridized carbons (Fsp3) is 0.500. The Bertz CT molecular complexity index is 694. The first kappa shape index (κ1) is 19.4. The van der Waals surface area contributed by atoms with Crippen LogP contribution in [0, 0.1) is 0 Å². The minimum atomic E-state index is -0.457. The van der Waals surface area contributed by atoms with Gasteiger partial charge in [-0.3, -0.25) is 4.79 Å². The third kappa shape index (κ3) is 4.58. The lowest BCUT2D eigenvalue weighted by Crippen LogP contribution is -2.34. The smallest absolute Gasteiger partial charge is 0.227 e. The molecule has 0 unspecified atom stereocenters. The van der Waals surface area contributed by atoms with E-state index in [2.05, 4.69) is 10.1 Å². The fourth-order valence-electron chi connectivity index (χ4n) is 3.06. The molecule has 1 aromatic carbocycles. The summed E-state index contributed by atoms with van der Waals surface area (Å²) in [6.45, 7) is 2.53. The second-order valence-electron chi connectivity index (χ2n) is 6.26. The third-order valence-corrected chi connectivity index (χ3v) is 4.46. The highest BCUT2D eigenvalue weighted by atomic mass is 35.5. The summed E-state index contributed by atoms with van der Waals surface area (Å²) >= 11 is 0. The maximum atomic E-state index is 12.3. The molecule has 0 atom stereocenters. The zero-order valence-corrected chi connectivity index (χ0v) is 15.2. The number of hydrogen-bond donors (Lipinski definition) is 1. The van der Waals surface area contributed by atoms with Crippen molar-refractivity contribution in [3.8, 4) is 5.75 Å². The van der Waals surface area contributed by atoms with Gasteiger partial charge in [0.15, 0.2) is 11.6 Å². The monoisotopic (exact) mass is 365 g/mol. The van der Waals surface area contributed by atoms with Crippen molar-refractivity contribution in [2.45, 2.75) is 51.0 Å². The summed E-state index contributed by atoms with van der Waals surface area (Å²) in [4.78, 5) is 16.7. The van der Waals surface area contributed by atoms with Gasteiger partial charge in [0, 0.05) is 18.4 Å². The molecule has 1 aliphatic rings. The number of carbonyl (C=O) groups excluding carboxylic acids is 1. The molecule has 0 saturated heterocycles. The minimum absolute atomic E-state index is 0. The molecule has 136 valence electrons. The van der Waals surface area contributed by atoms with Gasteiger partial charge >= 0.3 is 0 Å². The molecule has 1 fully saturated rings. The Morgan fingerprint density at radius 2 is 1.96 bits per heavy atom. The first-order chi connectivity index (χ1) is 11.6. The summed E-state index contributed by atoms with van der Waals surface area (Å²) in [5.41, 5.74) is 6.51. The van der Waals surface area contributed by atoms with Gasteiger partial charge < -0.3 is 15.0 Å². The quantitative estimate of drug-likeness (QED) is 0.756. The largest absolute Gasteiger partial charge is 0.494 e. The summed E-state index contributed by atoms with van der Waals surface area (Å²) in [5, 5.41) is 4.01. The van der Waals surface area contributed by atoms with Gasteiger partial charge in [-0.1, -0.05) is 18.0 Å². The zero-order chi connectivity index (χ0) is 17.0. The van der Waals surface area contributed by atoms with Gasteiger partial charge in [-0.15, -0.1) is 12.4 Å². The number of Topliss-reactive ketones (excluding diaryl/α,β-unsaturated/α-hetero) is 1. The summed E-state index contributed by atoms with van der Waals surface area (Å²) in [5.74, 6) is 1.85. The van der Waals surface area contributed by atoms with Crippen LogP contribution in [-0.4, -0.2) is 22.5 Å². The Morgan fingerprint density at radius 1 is 1.28 bits per heavy atom. The van der Waals surface area contributed by atoms with Gasteiger partial charge in [-0.05, 0) is 44.0 Å². The van der Waals surface area contributed by atoms with Gasteiger partial charge in [-0.25, -0.2) is 0 Å². The number of ether oxygens (including phenoxy) is 1. The van der Waals surface area contributed by atoms with Crippen molar-refractivity contribution in [1.82, 2.24) is 10.1 Å². The second-order valence-corrected chi connectivity index (χ2v) is 6.26. The van der Waals surface area contributed by atoms with Crippen LogP contribution in [0.3, 0.4) is 0 Å². The molecule has 0 amide bonds. The Labute approximate surface area is 153 Å². The Hall–Kier alpha value is -1.92. The molecule has 0 aliphatic heterocycles. The number of aromatic nitrogens is 2. The maximum absolute atomic E-state index is 12.3. The average molecular weight is 366 g/mol. The maximum Gasteiger partial charge on any atom is 0.227 e. The number of aryl methyl sites for hydroxylation is 1. The van der Waals surface area contributed by atoms with E-state index in [1.54, 1.807) is 24.3 Å². The highest BCUT2D eigenvalue weighted by Crippen LogP contribution is 2.34. The topological polar surface area (TPSA) is 91.2 Å². The number of nitrogens with zero attached hydrogens (tertiary/aromatic N) is 2. The lowest BCUT2D eigenvalue weighted by molar-refractivity contribution is 0.0979. The van der Waals surface area contributed by atoms with Crippen molar-refractivity contribution in [3.63, 3.8) is 0 Å². The van der Waals surface area contributed by atoms with Crippen LogP contribution in [0.25, 0.3) is 0 Å². The van der Waals surface area contributed by atoms with Crippen LogP contribution < -0.4 is 10.5 Å². The molecule has 0 bridgehead atoms. The molecule has 3 rings (SSSR count). The van der Waals surface area contributed by atoms with E-state index in [1.807, 2.05) is 6.92 Å². The van der Waals surface area contributed by atoms with Crippen molar-refractivity contribution >= 4 is 18.2 Å². The molecular formula is C18H24ClN3O3. The van der Waals surface area contributed by atoms with E-state index < -0.39 is 5.54 Å². The van der Waals surface area contributed by atoms with E-state index in [-0.39, 0.29) is 18.2 Å². The Morgan fingerprint density at radius 3 is 2.60 bits per heavy atom.